The van der Waals surface area contributed by atoms with E-state index >= 15 is 0 Å². The van der Waals surface area contributed by atoms with E-state index in [0.29, 0.717) is 11.7 Å². The van der Waals surface area contributed by atoms with Crippen molar-refractivity contribution in [1.29, 1.82) is 0 Å². The summed E-state index contributed by atoms with van der Waals surface area (Å²) < 4.78 is 16.1. The molecule has 1 aromatic carbocycles. The SMILES string of the molecule is COC(=O)c1oc(C=C[C@]2(C)CC=C[C@H](C)CC2)cc(=O)c1OCc1ccccc1. The third-order valence-corrected chi connectivity index (χ3v) is 5.39. The molecule has 3 rings (SSSR count). The highest BCUT2D eigenvalue weighted by atomic mass is 16.5. The summed E-state index contributed by atoms with van der Waals surface area (Å²) in [6.07, 6.45) is 11.3. The van der Waals surface area contributed by atoms with Gasteiger partial charge in [0.2, 0.25) is 11.2 Å². The molecular weight excluding hydrogens is 380 g/mol. The predicted molar refractivity (Wildman–Crippen MR) is 116 cm³/mol. The Morgan fingerprint density at radius 1 is 1.30 bits per heavy atom. The summed E-state index contributed by atoms with van der Waals surface area (Å²) in [5.41, 5.74) is 0.422. The molecule has 0 spiro atoms. The third-order valence-electron chi connectivity index (χ3n) is 5.39. The van der Waals surface area contributed by atoms with Crippen molar-refractivity contribution in [2.45, 2.75) is 39.7 Å². The van der Waals surface area contributed by atoms with Gasteiger partial charge in [0.05, 0.1) is 7.11 Å². The molecule has 0 amide bonds. The first-order chi connectivity index (χ1) is 14.4. The first-order valence-corrected chi connectivity index (χ1v) is 10.2. The summed E-state index contributed by atoms with van der Waals surface area (Å²) in [7, 11) is 1.24. The molecule has 5 heteroatoms. The Morgan fingerprint density at radius 2 is 2.07 bits per heavy atom. The zero-order valence-corrected chi connectivity index (χ0v) is 17.7. The number of carbonyl (C=O) groups is 1. The quantitative estimate of drug-likeness (QED) is 0.473. The van der Waals surface area contributed by atoms with Crippen LogP contribution in [0.2, 0.25) is 0 Å². The maximum atomic E-state index is 12.7. The summed E-state index contributed by atoms with van der Waals surface area (Å²) in [5, 5.41) is 0. The first-order valence-electron chi connectivity index (χ1n) is 10.2. The molecule has 1 aliphatic carbocycles. The minimum absolute atomic E-state index is 0.0340. The smallest absolute Gasteiger partial charge is 0.378 e. The molecule has 0 saturated carbocycles. The molecule has 2 aromatic rings. The molecule has 0 bridgehead atoms. The lowest BCUT2D eigenvalue weighted by molar-refractivity contribution is 0.0552. The largest absolute Gasteiger partial charge is 0.481 e. The number of esters is 1. The topological polar surface area (TPSA) is 65.7 Å². The molecule has 30 heavy (non-hydrogen) atoms. The van der Waals surface area contributed by atoms with Crippen LogP contribution in [-0.4, -0.2) is 13.1 Å². The van der Waals surface area contributed by atoms with Gasteiger partial charge in [-0.05, 0) is 42.2 Å². The van der Waals surface area contributed by atoms with Gasteiger partial charge in [-0.3, -0.25) is 4.79 Å². The van der Waals surface area contributed by atoms with Gasteiger partial charge in [0.25, 0.3) is 5.76 Å². The van der Waals surface area contributed by atoms with E-state index in [1.807, 2.05) is 30.3 Å². The van der Waals surface area contributed by atoms with Gasteiger partial charge in [0, 0.05) is 6.07 Å². The van der Waals surface area contributed by atoms with Crippen LogP contribution in [-0.2, 0) is 11.3 Å². The molecule has 5 nitrogen and oxygen atoms in total. The molecule has 1 aromatic heterocycles. The number of carbonyl (C=O) groups excluding carboxylic acids is 1. The van der Waals surface area contributed by atoms with E-state index in [1.165, 1.54) is 13.2 Å². The van der Waals surface area contributed by atoms with E-state index in [1.54, 1.807) is 6.08 Å². The number of benzene rings is 1. The Morgan fingerprint density at radius 3 is 2.80 bits per heavy atom. The number of rotatable bonds is 6. The number of ether oxygens (including phenoxy) is 2. The lowest BCUT2D eigenvalue weighted by Gasteiger charge is -2.23. The van der Waals surface area contributed by atoms with Crippen LogP contribution in [0.1, 0.15) is 55.0 Å². The summed E-state index contributed by atoms with van der Waals surface area (Å²) in [6, 6.07) is 10.7. The van der Waals surface area contributed by atoms with Gasteiger partial charge < -0.3 is 13.9 Å². The van der Waals surface area contributed by atoms with Crippen molar-refractivity contribution in [3.05, 3.63) is 81.9 Å². The number of hydrogen-bond donors (Lipinski definition) is 0. The first kappa shape index (κ1) is 21.6. The average Bonchev–Trinajstić information content (AvgIpc) is 2.92. The normalized spacial score (nSPS) is 21.4. The highest BCUT2D eigenvalue weighted by Crippen LogP contribution is 2.35. The van der Waals surface area contributed by atoms with Crippen LogP contribution in [0.5, 0.6) is 5.75 Å². The van der Waals surface area contributed by atoms with Gasteiger partial charge in [-0.2, -0.15) is 0 Å². The number of methoxy groups -OCH3 is 1. The molecule has 0 unspecified atom stereocenters. The van der Waals surface area contributed by atoms with Crippen LogP contribution in [0, 0.1) is 11.3 Å². The van der Waals surface area contributed by atoms with E-state index in [9.17, 15) is 9.59 Å². The Balaban J connectivity index is 1.86. The van der Waals surface area contributed by atoms with Gasteiger partial charge in [0.1, 0.15) is 12.4 Å². The van der Waals surface area contributed by atoms with Gasteiger partial charge in [0.15, 0.2) is 0 Å². The summed E-state index contributed by atoms with van der Waals surface area (Å²) in [4.78, 5) is 24.9. The Labute approximate surface area is 177 Å². The second-order valence-electron chi connectivity index (χ2n) is 8.07. The van der Waals surface area contributed by atoms with Crippen LogP contribution in [0.3, 0.4) is 0 Å². The maximum absolute atomic E-state index is 12.7. The lowest BCUT2D eigenvalue weighted by atomic mass is 9.82. The van der Waals surface area contributed by atoms with Gasteiger partial charge in [-0.25, -0.2) is 4.79 Å². The monoisotopic (exact) mass is 408 g/mol. The minimum atomic E-state index is -0.747. The van der Waals surface area contributed by atoms with Crippen molar-refractivity contribution < 1.29 is 18.7 Å². The van der Waals surface area contributed by atoms with Gasteiger partial charge >= 0.3 is 5.97 Å². The zero-order valence-electron chi connectivity index (χ0n) is 17.7. The van der Waals surface area contributed by atoms with Crippen LogP contribution in [0.25, 0.3) is 6.08 Å². The van der Waals surface area contributed by atoms with Crippen molar-refractivity contribution in [3.63, 3.8) is 0 Å². The molecule has 0 radical (unpaired) electrons. The van der Waals surface area contributed by atoms with E-state index in [4.69, 9.17) is 13.9 Å². The Hall–Kier alpha value is -3.08. The molecule has 0 saturated heterocycles. The lowest BCUT2D eigenvalue weighted by Crippen LogP contribution is -2.15. The van der Waals surface area contributed by atoms with Crippen LogP contribution in [0.4, 0.5) is 0 Å². The van der Waals surface area contributed by atoms with Gasteiger partial charge in [-0.15, -0.1) is 0 Å². The van der Waals surface area contributed by atoms with Crippen LogP contribution >= 0.6 is 0 Å². The van der Waals surface area contributed by atoms with Crippen molar-refractivity contribution in [3.8, 4) is 5.75 Å². The fourth-order valence-electron chi connectivity index (χ4n) is 3.44. The number of allylic oxidation sites excluding steroid dienone is 3. The summed E-state index contributed by atoms with van der Waals surface area (Å²) in [5.74, 6) is -0.247. The Bertz CT molecular complexity index is 986. The van der Waals surface area contributed by atoms with Crippen molar-refractivity contribution in [1.82, 2.24) is 0 Å². The summed E-state index contributed by atoms with van der Waals surface area (Å²) in [6.45, 7) is 4.54. The third kappa shape index (κ3) is 5.50. The second kappa shape index (κ2) is 9.61. The fraction of sp³-hybridized carbons (Fsp3) is 0.360. The van der Waals surface area contributed by atoms with Crippen molar-refractivity contribution in [2.24, 2.45) is 11.3 Å². The zero-order chi connectivity index (χ0) is 21.6. The number of hydrogen-bond acceptors (Lipinski definition) is 5. The molecule has 2 atom stereocenters. The summed E-state index contributed by atoms with van der Waals surface area (Å²) >= 11 is 0. The van der Waals surface area contributed by atoms with E-state index in [0.717, 1.165) is 24.8 Å². The molecular formula is C25H28O5. The van der Waals surface area contributed by atoms with Crippen molar-refractivity contribution >= 4 is 12.0 Å². The second-order valence-corrected chi connectivity index (χ2v) is 8.07. The van der Waals surface area contributed by atoms with Gasteiger partial charge in [-0.1, -0.05) is 62.4 Å². The average molecular weight is 408 g/mol. The molecule has 1 aliphatic rings. The Kier molecular flexibility index (Phi) is 6.93. The molecule has 0 aliphatic heterocycles. The molecule has 0 N–H and O–H groups in total. The highest BCUT2D eigenvalue weighted by molar-refractivity contribution is 5.89. The maximum Gasteiger partial charge on any atom is 0.378 e. The van der Waals surface area contributed by atoms with Crippen LogP contribution < -0.4 is 10.2 Å². The van der Waals surface area contributed by atoms with E-state index < -0.39 is 11.4 Å². The standard InChI is InChI=1S/C25H28O5/c1-18-8-7-13-25(2,14-11-18)15-12-20-16-21(26)22(23(30-20)24(27)28-3)29-17-19-9-5-4-6-10-19/h4-10,12,15-16,18H,11,13-14,17H2,1-3H3/t18-,25+/m0/s1. The highest BCUT2D eigenvalue weighted by Gasteiger charge is 2.24. The molecule has 158 valence electrons. The minimum Gasteiger partial charge on any atom is -0.481 e. The molecule has 1 heterocycles. The van der Waals surface area contributed by atoms with Crippen molar-refractivity contribution in [2.75, 3.05) is 7.11 Å². The molecule has 0 fully saturated rings. The van der Waals surface area contributed by atoms with E-state index in [-0.39, 0.29) is 23.5 Å². The predicted octanol–water partition coefficient (Wildman–Crippen LogP) is 5.40. The van der Waals surface area contributed by atoms with Crippen LogP contribution in [0.15, 0.2) is 63.8 Å². The van der Waals surface area contributed by atoms with E-state index in [2.05, 4.69) is 32.1 Å². The fourth-order valence-corrected chi connectivity index (χ4v) is 3.44.